The summed E-state index contributed by atoms with van der Waals surface area (Å²) in [5.74, 6) is 1.31. The van der Waals surface area contributed by atoms with Gasteiger partial charge in [0.1, 0.15) is 0 Å². The first-order valence-corrected chi connectivity index (χ1v) is 12.9. The summed E-state index contributed by atoms with van der Waals surface area (Å²) in [5, 5.41) is 0. The zero-order chi connectivity index (χ0) is 22.0. The highest BCUT2D eigenvalue weighted by molar-refractivity contribution is 6.17. The number of allylic oxidation sites excluding steroid dienone is 1. The van der Waals surface area contributed by atoms with Crippen LogP contribution < -0.4 is 0 Å². The molecule has 1 aliphatic heterocycles. The molecule has 3 unspecified atom stereocenters. The van der Waals surface area contributed by atoms with Crippen LogP contribution in [0.15, 0.2) is 12.2 Å². The van der Waals surface area contributed by atoms with Crippen molar-refractivity contribution in [3.05, 3.63) is 12.2 Å². The molecule has 0 amide bonds. The van der Waals surface area contributed by atoms with Gasteiger partial charge in [0, 0.05) is 25.6 Å². The molecular formula is C27H41NO3. The number of ether oxygens (including phenoxy) is 1. The van der Waals surface area contributed by atoms with Crippen molar-refractivity contribution in [2.24, 2.45) is 39.9 Å². The molecule has 0 aromatic carbocycles. The van der Waals surface area contributed by atoms with Gasteiger partial charge in [-0.25, -0.2) is 0 Å². The van der Waals surface area contributed by atoms with Gasteiger partial charge in [-0.15, -0.1) is 0 Å². The largest absolute Gasteiger partial charge is 0.379 e. The van der Waals surface area contributed by atoms with Gasteiger partial charge in [0.2, 0.25) is 0 Å². The first-order chi connectivity index (χ1) is 14.8. The lowest BCUT2D eigenvalue weighted by Gasteiger charge is -2.69. The van der Waals surface area contributed by atoms with Gasteiger partial charge in [-0.05, 0) is 72.7 Å². The van der Waals surface area contributed by atoms with Gasteiger partial charge in [0.25, 0.3) is 0 Å². The molecule has 0 aromatic heterocycles. The maximum Gasteiger partial charge on any atom is 0.172 e. The van der Waals surface area contributed by atoms with Crippen molar-refractivity contribution >= 4 is 11.6 Å². The molecule has 0 radical (unpaired) electrons. The Labute approximate surface area is 188 Å². The quantitative estimate of drug-likeness (QED) is 0.483. The molecule has 1 spiro atoms. The summed E-state index contributed by atoms with van der Waals surface area (Å²) < 4.78 is 5.60. The number of carbonyl (C=O) groups excluding carboxylic acids is 2. The molecule has 0 aromatic rings. The van der Waals surface area contributed by atoms with Crippen molar-refractivity contribution in [1.29, 1.82) is 0 Å². The summed E-state index contributed by atoms with van der Waals surface area (Å²) >= 11 is 0. The predicted octanol–water partition coefficient (Wildman–Crippen LogP) is 4.67. The van der Waals surface area contributed by atoms with E-state index in [9.17, 15) is 9.59 Å². The highest BCUT2D eigenvalue weighted by Gasteiger charge is 2.73. The van der Waals surface area contributed by atoms with Crippen molar-refractivity contribution in [2.45, 2.75) is 72.1 Å². The molecule has 7 atom stereocenters. The Morgan fingerprint density at radius 1 is 1.10 bits per heavy atom. The molecule has 1 saturated heterocycles. The zero-order valence-electron chi connectivity index (χ0n) is 19.9. The van der Waals surface area contributed by atoms with Gasteiger partial charge in [0.15, 0.2) is 11.6 Å². The number of nitrogens with zero attached hydrogens (tertiary/aromatic N) is 1. The summed E-state index contributed by atoms with van der Waals surface area (Å²) in [4.78, 5) is 30.8. The maximum absolute atomic E-state index is 14.6. The van der Waals surface area contributed by atoms with Crippen LogP contribution in [0.3, 0.4) is 0 Å². The zero-order valence-corrected chi connectivity index (χ0v) is 19.9. The average Bonchev–Trinajstić information content (AvgIpc) is 2.80. The number of rotatable bonds is 4. The van der Waals surface area contributed by atoms with E-state index in [2.05, 4.69) is 32.3 Å². The minimum Gasteiger partial charge on any atom is -0.379 e. The molecule has 5 aliphatic carbocycles. The molecule has 6 fully saturated rings. The van der Waals surface area contributed by atoms with Crippen molar-refractivity contribution in [3.63, 3.8) is 0 Å². The third-order valence-corrected chi connectivity index (χ3v) is 10.8. The minimum atomic E-state index is -0.776. The van der Waals surface area contributed by atoms with E-state index in [4.69, 9.17) is 4.74 Å². The van der Waals surface area contributed by atoms with E-state index in [1.807, 2.05) is 0 Å². The number of ketones is 2. The Bertz CT molecular complexity index is 785. The van der Waals surface area contributed by atoms with Crippen LogP contribution in [0, 0.1) is 39.9 Å². The lowest BCUT2D eigenvalue weighted by atomic mass is 9.33. The summed E-state index contributed by atoms with van der Waals surface area (Å²) in [6.45, 7) is 15.5. The lowest BCUT2D eigenvalue weighted by molar-refractivity contribution is -0.206. The molecule has 6 rings (SSSR count). The van der Waals surface area contributed by atoms with Gasteiger partial charge >= 0.3 is 0 Å². The van der Waals surface area contributed by atoms with Gasteiger partial charge in [-0.3, -0.25) is 14.5 Å². The van der Waals surface area contributed by atoms with Crippen LogP contribution in [0.5, 0.6) is 0 Å². The second-order valence-electron chi connectivity index (χ2n) is 11.7. The Hall–Kier alpha value is -1.00. The standard InChI is InChI=1S/C27H41NO3/c1-5-25(4)9-7-10-26(6-2)21-16-19-8-11-27(21,23(29)18(19)3)24(30)20(22(25)26)17-28-12-14-31-15-13-28/h19-22H,3,5-17H2,1-2,4H3/t19-,20-,21?,22?,25+,26-,27?/m0/s1. The van der Waals surface area contributed by atoms with Crippen LogP contribution in [0.4, 0.5) is 0 Å². The number of fused-ring (bicyclic) bond motifs is 3. The minimum absolute atomic E-state index is 0.0362. The second-order valence-corrected chi connectivity index (χ2v) is 11.7. The fourth-order valence-electron chi connectivity index (χ4n) is 9.25. The Morgan fingerprint density at radius 3 is 2.52 bits per heavy atom. The number of hydrogen-bond acceptors (Lipinski definition) is 4. The van der Waals surface area contributed by atoms with Gasteiger partial charge in [-0.2, -0.15) is 0 Å². The number of carbonyl (C=O) groups is 2. The van der Waals surface area contributed by atoms with E-state index in [1.165, 1.54) is 19.3 Å². The van der Waals surface area contributed by atoms with Crippen molar-refractivity contribution < 1.29 is 14.3 Å². The summed E-state index contributed by atoms with van der Waals surface area (Å²) in [5.41, 5.74) is 0.281. The van der Waals surface area contributed by atoms with Crippen molar-refractivity contribution in [3.8, 4) is 0 Å². The maximum atomic E-state index is 14.6. The summed E-state index contributed by atoms with van der Waals surface area (Å²) in [7, 11) is 0. The van der Waals surface area contributed by atoms with Crippen LogP contribution in [-0.4, -0.2) is 49.3 Å². The molecule has 2 bridgehead atoms. The molecule has 172 valence electrons. The molecule has 4 heteroatoms. The molecule has 6 aliphatic rings. The Morgan fingerprint density at radius 2 is 1.84 bits per heavy atom. The number of Topliss-reactive ketones (excluding diaryl/α,β-unsaturated/α-hetero) is 2. The van der Waals surface area contributed by atoms with Crippen molar-refractivity contribution in [1.82, 2.24) is 4.90 Å². The van der Waals surface area contributed by atoms with Gasteiger partial charge in [0.05, 0.1) is 18.6 Å². The SMILES string of the molecule is C=C1C(=O)C23CC[C@H]1CC2[C@]1(CC)CCC[C@@](C)(CC)C1[C@H](CN1CCOCC1)C3=O. The van der Waals surface area contributed by atoms with Crippen molar-refractivity contribution in [2.75, 3.05) is 32.8 Å². The summed E-state index contributed by atoms with van der Waals surface area (Å²) in [6, 6.07) is 0. The monoisotopic (exact) mass is 427 g/mol. The number of hydrogen-bond donors (Lipinski definition) is 0. The Balaban J connectivity index is 1.65. The molecule has 31 heavy (non-hydrogen) atoms. The van der Waals surface area contributed by atoms with Gasteiger partial charge < -0.3 is 4.74 Å². The third-order valence-electron chi connectivity index (χ3n) is 10.8. The van der Waals surface area contributed by atoms with E-state index in [1.54, 1.807) is 0 Å². The lowest BCUT2D eigenvalue weighted by Crippen LogP contribution is -2.71. The van der Waals surface area contributed by atoms with E-state index >= 15 is 0 Å². The van der Waals surface area contributed by atoms with Crippen LogP contribution in [0.2, 0.25) is 0 Å². The van der Waals surface area contributed by atoms with E-state index < -0.39 is 5.41 Å². The van der Waals surface area contributed by atoms with E-state index in [0.29, 0.717) is 17.6 Å². The van der Waals surface area contributed by atoms with Gasteiger partial charge in [-0.1, -0.05) is 40.2 Å². The van der Waals surface area contributed by atoms with Crippen LogP contribution >= 0.6 is 0 Å². The fraction of sp³-hybridized carbons (Fsp3) is 0.852. The number of morpholine rings is 1. The second kappa shape index (κ2) is 7.52. The highest BCUT2D eigenvalue weighted by Crippen LogP contribution is 2.72. The van der Waals surface area contributed by atoms with Crippen LogP contribution in [0.1, 0.15) is 72.1 Å². The van der Waals surface area contributed by atoms with Crippen LogP contribution in [-0.2, 0) is 14.3 Å². The summed E-state index contributed by atoms with van der Waals surface area (Å²) in [6.07, 6.45) is 8.63. The van der Waals surface area contributed by atoms with E-state index in [0.717, 1.165) is 70.5 Å². The molecule has 5 saturated carbocycles. The molecule has 0 N–H and O–H groups in total. The van der Waals surface area contributed by atoms with E-state index in [-0.39, 0.29) is 28.4 Å². The molecular weight excluding hydrogens is 386 g/mol. The normalized spacial score (nSPS) is 47.9. The first kappa shape index (κ1) is 21.8. The smallest absolute Gasteiger partial charge is 0.172 e. The molecule has 4 nitrogen and oxygen atoms in total. The highest BCUT2D eigenvalue weighted by atomic mass is 16.5. The molecule has 1 heterocycles. The Kier molecular flexibility index (Phi) is 5.29. The van der Waals surface area contributed by atoms with Crippen LogP contribution in [0.25, 0.3) is 0 Å². The first-order valence-electron chi connectivity index (χ1n) is 12.9. The third kappa shape index (κ3) is 2.79. The topological polar surface area (TPSA) is 46.6 Å². The average molecular weight is 428 g/mol. The fourth-order valence-corrected chi connectivity index (χ4v) is 9.25. The predicted molar refractivity (Wildman–Crippen MR) is 122 cm³/mol.